The number of anilines is 1. The Bertz CT molecular complexity index is 431. The van der Waals surface area contributed by atoms with Crippen LogP contribution in [0.2, 0.25) is 0 Å². The molecule has 1 aromatic rings. The third-order valence-corrected chi connectivity index (χ3v) is 3.65. The molecule has 1 amide bonds. The largest absolute Gasteiger partial charge is 0.395 e. The van der Waals surface area contributed by atoms with Crippen molar-refractivity contribution < 1.29 is 9.90 Å². The summed E-state index contributed by atoms with van der Waals surface area (Å²) in [6.07, 6.45) is 5.45. The molecule has 0 aliphatic heterocycles. The highest BCUT2D eigenvalue weighted by Crippen LogP contribution is 2.23. The van der Waals surface area contributed by atoms with E-state index in [0.29, 0.717) is 12.4 Å². The number of nitrogen functional groups attached to an aromatic ring is 1. The second-order valence-corrected chi connectivity index (χ2v) is 4.96. The lowest BCUT2D eigenvalue weighted by Crippen LogP contribution is -2.43. The summed E-state index contributed by atoms with van der Waals surface area (Å²) >= 11 is 0. The van der Waals surface area contributed by atoms with Crippen molar-refractivity contribution in [2.45, 2.75) is 38.1 Å². The molecule has 1 aliphatic carbocycles. The monoisotopic (exact) mass is 279 g/mol. The summed E-state index contributed by atoms with van der Waals surface area (Å²) in [5.41, 5.74) is 2.65. The minimum absolute atomic E-state index is 0.0435. The van der Waals surface area contributed by atoms with Crippen molar-refractivity contribution in [3.63, 3.8) is 0 Å². The Kier molecular flexibility index (Phi) is 5.25. The maximum Gasteiger partial charge on any atom is 0.274 e. The molecule has 0 atom stereocenters. The minimum Gasteiger partial charge on any atom is -0.395 e. The quantitative estimate of drug-likeness (QED) is 0.536. The summed E-state index contributed by atoms with van der Waals surface area (Å²) in [6.45, 7) is 0.292. The van der Waals surface area contributed by atoms with Gasteiger partial charge < -0.3 is 15.4 Å². The summed E-state index contributed by atoms with van der Waals surface area (Å²) in [7, 11) is 0. The molecule has 7 heteroatoms. The normalized spacial score (nSPS) is 15.9. The number of nitrogens with two attached hydrogens (primary N) is 1. The maximum absolute atomic E-state index is 12.5. The minimum atomic E-state index is -0.179. The van der Waals surface area contributed by atoms with Gasteiger partial charge in [0.1, 0.15) is 0 Å². The Labute approximate surface area is 118 Å². The first-order chi connectivity index (χ1) is 9.76. The van der Waals surface area contributed by atoms with Gasteiger partial charge in [-0.3, -0.25) is 4.79 Å². The molecule has 110 valence electrons. The molecule has 1 aliphatic rings. The molecule has 20 heavy (non-hydrogen) atoms. The molecule has 0 aromatic carbocycles. The molecular weight excluding hydrogens is 258 g/mol. The second-order valence-electron chi connectivity index (χ2n) is 4.96. The number of carbonyl (C=O) groups is 1. The Balaban J connectivity index is 2.12. The number of hydrazine groups is 1. The molecule has 0 unspecified atom stereocenters. The molecule has 1 fully saturated rings. The molecule has 4 N–H and O–H groups in total. The number of nitrogens with one attached hydrogen (secondary N) is 1. The van der Waals surface area contributed by atoms with E-state index in [0.717, 1.165) is 25.7 Å². The Morgan fingerprint density at radius 3 is 2.65 bits per heavy atom. The predicted octanol–water partition coefficient (Wildman–Crippen LogP) is 0.529. The fraction of sp³-hybridized carbons (Fsp3) is 0.615. The molecule has 2 rings (SSSR count). The Morgan fingerprint density at radius 1 is 1.35 bits per heavy atom. The van der Waals surface area contributed by atoms with Gasteiger partial charge in [-0.1, -0.05) is 19.3 Å². The summed E-state index contributed by atoms with van der Waals surface area (Å²) in [5, 5.41) is 16.9. The molecule has 0 bridgehead atoms. The fourth-order valence-corrected chi connectivity index (χ4v) is 2.62. The third-order valence-electron chi connectivity index (χ3n) is 3.65. The number of hydrogen-bond acceptors (Lipinski definition) is 6. The lowest BCUT2D eigenvalue weighted by molar-refractivity contribution is 0.0578. The van der Waals surface area contributed by atoms with Crippen LogP contribution in [0.15, 0.2) is 12.1 Å². The van der Waals surface area contributed by atoms with E-state index >= 15 is 0 Å². The smallest absolute Gasteiger partial charge is 0.274 e. The molecule has 1 aromatic heterocycles. The number of aliphatic hydroxyl groups is 1. The highest BCUT2D eigenvalue weighted by molar-refractivity contribution is 5.92. The van der Waals surface area contributed by atoms with E-state index in [4.69, 9.17) is 5.84 Å². The highest BCUT2D eigenvalue weighted by Gasteiger charge is 2.26. The number of carbonyl (C=O) groups excluding carboxylic acids is 1. The van der Waals surface area contributed by atoms with E-state index in [1.54, 1.807) is 17.0 Å². The van der Waals surface area contributed by atoms with Crippen molar-refractivity contribution in [1.82, 2.24) is 15.1 Å². The molecular formula is C13H21N5O2. The van der Waals surface area contributed by atoms with Crippen LogP contribution < -0.4 is 11.3 Å². The number of aliphatic hydroxyl groups excluding tert-OH is 1. The molecule has 0 spiro atoms. The summed E-state index contributed by atoms with van der Waals surface area (Å²) in [4.78, 5) is 14.2. The first-order valence-electron chi connectivity index (χ1n) is 6.98. The van der Waals surface area contributed by atoms with Crippen molar-refractivity contribution in [2.24, 2.45) is 5.84 Å². The number of aromatic nitrogens is 2. The Hall–Kier alpha value is -1.73. The first-order valence-corrected chi connectivity index (χ1v) is 6.98. The average Bonchev–Trinajstić information content (AvgIpc) is 2.53. The van der Waals surface area contributed by atoms with Gasteiger partial charge in [-0.05, 0) is 25.0 Å². The van der Waals surface area contributed by atoms with Crippen molar-refractivity contribution in [3.05, 3.63) is 17.8 Å². The van der Waals surface area contributed by atoms with E-state index in [2.05, 4.69) is 15.6 Å². The van der Waals surface area contributed by atoms with E-state index < -0.39 is 0 Å². The van der Waals surface area contributed by atoms with Gasteiger partial charge in [0, 0.05) is 12.6 Å². The first kappa shape index (κ1) is 14.7. The average molecular weight is 279 g/mol. The third kappa shape index (κ3) is 3.43. The fourth-order valence-electron chi connectivity index (χ4n) is 2.62. The number of nitrogens with zero attached hydrogens (tertiary/aromatic N) is 3. The zero-order chi connectivity index (χ0) is 14.4. The van der Waals surface area contributed by atoms with E-state index in [9.17, 15) is 9.90 Å². The lowest BCUT2D eigenvalue weighted by Gasteiger charge is -2.33. The van der Waals surface area contributed by atoms with Gasteiger partial charge in [0.25, 0.3) is 5.91 Å². The summed E-state index contributed by atoms with van der Waals surface area (Å²) < 4.78 is 0. The molecule has 1 saturated carbocycles. The zero-order valence-electron chi connectivity index (χ0n) is 11.5. The SMILES string of the molecule is NNc1ccc(C(=O)N(CCO)C2CCCCC2)nn1. The number of hydrogen-bond donors (Lipinski definition) is 3. The van der Waals surface area contributed by atoms with Crippen molar-refractivity contribution >= 4 is 11.7 Å². The van der Waals surface area contributed by atoms with Gasteiger partial charge in [-0.15, -0.1) is 10.2 Å². The number of rotatable bonds is 5. The van der Waals surface area contributed by atoms with Gasteiger partial charge in [-0.2, -0.15) is 0 Å². The van der Waals surface area contributed by atoms with Gasteiger partial charge in [-0.25, -0.2) is 5.84 Å². The van der Waals surface area contributed by atoms with Crippen molar-refractivity contribution in [1.29, 1.82) is 0 Å². The molecule has 1 heterocycles. The van der Waals surface area contributed by atoms with Crippen molar-refractivity contribution in [2.75, 3.05) is 18.6 Å². The molecule has 0 saturated heterocycles. The van der Waals surface area contributed by atoms with Crippen LogP contribution in [0.1, 0.15) is 42.6 Å². The second kappa shape index (κ2) is 7.16. The van der Waals surface area contributed by atoms with Crippen LogP contribution in [0.4, 0.5) is 5.82 Å². The van der Waals surface area contributed by atoms with Crippen molar-refractivity contribution in [3.8, 4) is 0 Å². The van der Waals surface area contributed by atoms with Crippen LogP contribution >= 0.6 is 0 Å². The summed E-state index contributed by atoms with van der Waals surface area (Å²) in [5.74, 6) is 5.45. The van der Waals surface area contributed by atoms with Crippen LogP contribution in [0.25, 0.3) is 0 Å². The van der Waals surface area contributed by atoms with E-state index in [1.165, 1.54) is 6.42 Å². The lowest BCUT2D eigenvalue weighted by atomic mass is 9.94. The zero-order valence-corrected chi connectivity index (χ0v) is 11.5. The molecule has 7 nitrogen and oxygen atoms in total. The van der Waals surface area contributed by atoms with Crippen LogP contribution in [-0.2, 0) is 0 Å². The summed E-state index contributed by atoms with van der Waals surface area (Å²) in [6, 6.07) is 3.40. The predicted molar refractivity (Wildman–Crippen MR) is 74.8 cm³/mol. The highest BCUT2D eigenvalue weighted by atomic mass is 16.3. The van der Waals surface area contributed by atoms with E-state index in [1.807, 2.05) is 0 Å². The van der Waals surface area contributed by atoms with E-state index in [-0.39, 0.29) is 24.2 Å². The number of amides is 1. The maximum atomic E-state index is 12.5. The van der Waals surface area contributed by atoms with Crippen LogP contribution in [0.5, 0.6) is 0 Å². The van der Waals surface area contributed by atoms with Gasteiger partial charge in [0.2, 0.25) is 0 Å². The van der Waals surface area contributed by atoms with Gasteiger partial charge in [0.05, 0.1) is 6.61 Å². The van der Waals surface area contributed by atoms with Gasteiger partial charge in [0.15, 0.2) is 11.5 Å². The van der Waals surface area contributed by atoms with Crippen LogP contribution in [0, 0.1) is 0 Å². The topological polar surface area (TPSA) is 104 Å². The Morgan fingerprint density at radius 2 is 2.10 bits per heavy atom. The van der Waals surface area contributed by atoms with Crippen LogP contribution in [-0.4, -0.2) is 45.3 Å². The molecule has 0 radical (unpaired) electrons. The standard InChI is InChI=1S/C13H21N5O2/c14-15-12-7-6-11(16-17-12)13(20)18(8-9-19)10-4-2-1-3-5-10/h6-7,10,19H,1-5,8-9,14H2,(H,15,17). The van der Waals surface area contributed by atoms with Crippen LogP contribution in [0.3, 0.4) is 0 Å². The van der Waals surface area contributed by atoms with Gasteiger partial charge >= 0.3 is 0 Å².